The molecule has 1 saturated carbocycles. The highest BCUT2D eigenvalue weighted by Crippen LogP contribution is 2.41. The summed E-state index contributed by atoms with van der Waals surface area (Å²) in [5, 5.41) is 11.6. The van der Waals surface area contributed by atoms with Gasteiger partial charge in [-0.05, 0) is 30.4 Å². The van der Waals surface area contributed by atoms with Gasteiger partial charge in [-0.15, -0.1) is 0 Å². The molecular weight excluding hydrogens is 388 g/mol. The zero-order valence-corrected chi connectivity index (χ0v) is 19.4. The van der Waals surface area contributed by atoms with Crippen molar-refractivity contribution in [1.82, 2.24) is 9.80 Å². The van der Waals surface area contributed by atoms with Crippen LogP contribution in [-0.2, 0) is 11.3 Å². The highest BCUT2D eigenvalue weighted by Gasteiger charge is 2.50. The number of hydrogen-bond acceptors (Lipinski definition) is 3. The number of rotatable bonds is 5. The lowest BCUT2D eigenvalue weighted by atomic mass is 9.69. The first-order chi connectivity index (χ1) is 14.7. The molecular formula is C26H38N2O3. The summed E-state index contributed by atoms with van der Waals surface area (Å²) in [5.74, 6) is 0.954. The van der Waals surface area contributed by atoms with E-state index in [9.17, 15) is 14.7 Å². The van der Waals surface area contributed by atoms with E-state index in [-0.39, 0.29) is 17.7 Å². The molecule has 1 aliphatic carbocycles. The van der Waals surface area contributed by atoms with E-state index in [1.807, 2.05) is 43.0 Å². The summed E-state index contributed by atoms with van der Waals surface area (Å²) in [4.78, 5) is 29.8. The molecule has 0 bridgehead atoms. The van der Waals surface area contributed by atoms with Crippen LogP contribution in [0.15, 0.2) is 24.3 Å². The fraction of sp³-hybridized carbons (Fsp3) is 0.692. The fourth-order valence-corrected chi connectivity index (χ4v) is 5.94. The Morgan fingerprint density at radius 3 is 2.58 bits per heavy atom. The molecule has 0 aromatic heterocycles. The molecule has 2 unspecified atom stereocenters. The number of fused-ring (bicyclic) bond motifs is 1. The van der Waals surface area contributed by atoms with Crippen LogP contribution in [0.2, 0.25) is 0 Å². The lowest BCUT2D eigenvalue weighted by Crippen LogP contribution is -2.63. The van der Waals surface area contributed by atoms with Crippen molar-refractivity contribution in [3.05, 3.63) is 35.4 Å². The van der Waals surface area contributed by atoms with Crippen LogP contribution in [0.1, 0.15) is 81.6 Å². The second kappa shape index (κ2) is 8.57. The molecule has 5 nitrogen and oxygen atoms in total. The van der Waals surface area contributed by atoms with Crippen LogP contribution >= 0.6 is 0 Å². The van der Waals surface area contributed by atoms with Crippen LogP contribution in [0, 0.1) is 17.3 Å². The van der Waals surface area contributed by atoms with Gasteiger partial charge in [-0.3, -0.25) is 9.59 Å². The summed E-state index contributed by atoms with van der Waals surface area (Å²) < 4.78 is 0. The predicted octanol–water partition coefficient (Wildman–Crippen LogP) is 4.24. The van der Waals surface area contributed by atoms with Gasteiger partial charge < -0.3 is 14.9 Å². The van der Waals surface area contributed by atoms with Gasteiger partial charge in [0.05, 0.1) is 12.1 Å². The summed E-state index contributed by atoms with van der Waals surface area (Å²) in [5.41, 5.74) is 0.278. The maximum absolute atomic E-state index is 13.2. The van der Waals surface area contributed by atoms with Crippen molar-refractivity contribution < 1.29 is 14.7 Å². The average molecular weight is 427 g/mol. The highest BCUT2D eigenvalue weighted by atomic mass is 16.3. The van der Waals surface area contributed by atoms with Crippen LogP contribution in [0.25, 0.3) is 0 Å². The zero-order valence-electron chi connectivity index (χ0n) is 19.4. The number of piperidine rings is 1. The third kappa shape index (κ3) is 4.39. The second-order valence-electron chi connectivity index (χ2n) is 10.9. The summed E-state index contributed by atoms with van der Waals surface area (Å²) in [6.07, 6.45) is 7.94. The third-order valence-corrected chi connectivity index (χ3v) is 8.13. The first kappa shape index (κ1) is 22.3. The number of β-amino-alcohol motifs (C(OH)–C–C–N with tert-alkyl or cyclic N) is 1. The van der Waals surface area contributed by atoms with Crippen molar-refractivity contribution in [2.24, 2.45) is 17.3 Å². The molecule has 2 aliphatic heterocycles. The topological polar surface area (TPSA) is 60.9 Å². The quantitative estimate of drug-likeness (QED) is 0.766. The molecule has 1 aromatic carbocycles. The molecule has 31 heavy (non-hydrogen) atoms. The number of benzene rings is 1. The van der Waals surface area contributed by atoms with Gasteiger partial charge in [0.15, 0.2) is 0 Å². The van der Waals surface area contributed by atoms with Gasteiger partial charge in [0, 0.05) is 36.5 Å². The standard InChI is InChI=1S/C26H38N2O3/c1-19(15-20-9-5-4-6-10-20)23(29)27-14-13-26(31,25(2,3)17-27)18-28-16-21-11-7-8-12-22(21)24(28)30/h7-8,11-12,19-20,31H,4-6,9-10,13-18H2,1-3H3. The summed E-state index contributed by atoms with van der Waals surface area (Å²) in [7, 11) is 0. The van der Waals surface area contributed by atoms with Gasteiger partial charge in [-0.1, -0.05) is 71.1 Å². The summed E-state index contributed by atoms with van der Waals surface area (Å²) in [6.45, 7) is 8.10. The average Bonchev–Trinajstić information content (AvgIpc) is 3.05. The number of likely N-dealkylation sites (tertiary alicyclic amines) is 1. The molecule has 4 rings (SSSR count). The summed E-state index contributed by atoms with van der Waals surface area (Å²) >= 11 is 0. The predicted molar refractivity (Wildman–Crippen MR) is 121 cm³/mol. The van der Waals surface area contributed by atoms with Crippen LogP contribution in [0.4, 0.5) is 0 Å². The van der Waals surface area contributed by atoms with E-state index in [0.29, 0.717) is 38.5 Å². The smallest absolute Gasteiger partial charge is 0.254 e. The van der Waals surface area contributed by atoms with E-state index in [4.69, 9.17) is 0 Å². The molecule has 5 heteroatoms. The minimum absolute atomic E-state index is 0.000523. The van der Waals surface area contributed by atoms with E-state index < -0.39 is 11.0 Å². The van der Waals surface area contributed by atoms with Gasteiger partial charge >= 0.3 is 0 Å². The van der Waals surface area contributed by atoms with E-state index in [1.165, 1.54) is 32.1 Å². The first-order valence-corrected chi connectivity index (χ1v) is 12.1. The van der Waals surface area contributed by atoms with Crippen LogP contribution < -0.4 is 0 Å². The highest BCUT2D eigenvalue weighted by molar-refractivity contribution is 5.98. The maximum Gasteiger partial charge on any atom is 0.254 e. The Balaban J connectivity index is 1.38. The third-order valence-electron chi connectivity index (χ3n) is 8.13. The molecule has 0 radical (unpaired) electrons. The second-order valence-corrected chi connectivity index (χ2v) is 10.9. The maximum atomic E-state index is 13.2. The Hall–Kier alpha value is -1.88. The number of carbonyl (C=O) groups excluding carboxylic acids is 2. The van der Waals surface area contributed by atoms with Crippen molar-refractivity contribution >= 4 is 11.8 Å². The van der Waals surface area contributed by atoms with Gasteiger partial charge in [-0.25, -0.2) is 0 Å². The van der Waals surface area contributed by atoms with Gasteiger partial charge in [0.2, 0.25) is 5.91 Å². The molecule has 170 valence electrons. The molecule has 2 fully saturated rings. The van der Waals surface area contributed by atoms with E-state index in [2.05, 4.69) is 6.92 Å². The molecule has 3 aliphatic rings. The molecule has 1 aromatic rings. The van der Waals surface area contributed by atoms with Gasteiger partial charge in [0.25, 0.3) is 5.91 Å². The minimum atomic E-state index is -1.01. The van der Waals surface area contributed by atoms with Crippen molar-refractivity contribution in [2.45, 2.75) is 77.9 Å². The van der Waals surface area contributed by atoms with Crippen LogP contribution in [0.5, 0.6) is 0 Å². The van der Waals surface area contributed by atoms with Crippen LogP contribution in [0.3, 0.4) is 0 Å². The lowest BCUT2D eigenvalue weighted by molar-refractivity contribution is -0.157. The molecule has 1 saturated heterocycles. The minimum Gasteiger partial charge on any atom is -0.387 e. The van der Waals surface area contributed by atoms with Crippen molar-refractivity contribution in [3.63, 3.8) is 0 Å². The molecule has 2 atom stereocenters. The Labute approximate surface area is 186 Å². The Morgan fingerprint density at radius 1 is 1.19 bits per heavy atom. The SMILES string of the molecule is CC(CC1CCCCC1)C(=O)N1CCC(O)(CN2Cc3ccccc3C2=O)C(C)(C)C1. The van der Waals surface area contributed by atoms with Crippen LogP contribution in [-0.4, -0.2) is 52.0 Å². The Kier molecular flexibility index (Phi) is 6.17. The number of amides is 2. The molecule has 0 spiro atoms. The number of hydrogen-bond donors (Lipinski definition) is 1. The van der Waals surface area contributed by atoms with E-state index >= 15 is 0 Å². The number of aliphatic hydroxyl groups is 1. The first-order valence-electron chi connectivity index (χ1n) is 12.1. The van der Waals surface area contributed by atoms with E-state index in [0.717, 1.165) is 17.5 Å². The van der Waals surface area contributed by atoms with E-state index in [1.54, 1.807) is 4.90 Å². The molecule has 1 N–H and O–H groups in total. The fourth-order valence-electron chi connectivity index (χ4n) is 5.94. The largest absolute Gasteiger partial charge is 0.387 e. The zero-order chi connectivity index (χ0) is 22.2. The monoisotopic (exact) mass is 426 g/mol. The van der Waals surface area contributed by atoms with Crippen molar-refractivity contribution in [3.8, 4) is 0 Å². The lowest BCUT2D eigenvalue weighted by Gasteiger charge is -2.51. The Morgan fingerprint density at radius 2 is 1.90 bits per heavy atom. The van der Waals surface area contributed by atoms with Gasteiger partial charge in [-0.2, -0.15) is 0 Å². The summed E-state index contributed by atoms with van der Waals surface area (Å²) in [6, 6.07) is 7.68. The molecule has 2 amide bonds. The molecule has 2 heterocycles. The van der Waals surface area contributed by atoms with Gasteiger partial charge in [0.1, 0.15) is 0 Å². The Bertz CT molecular complexity index is 830. The normalized spacial score (nSPS) is 27.3. The van der Waals surface area contributed by atoms with Crippen molar-refractivity contribution in [2.75, 3.05) is 19.6 Å². The number of nitrogens with zero attached hydrogens (tertiary/aromatic N) is 2. The number of carbonyl (C=O) groups is 2. The van der Waals surface area contributed by atoms with Crippen molar-refractivity contribution in [1.29, 1.82) is 0 Å².